The summed E-state index contributed by atoms with van der Waals surface area (Å²) < 4.78 is 10.4. The van der Waals surface area contributed by atoms with Crippen LogP contribution in [0.1, 0.15) is 27.2 Å². The molecule has 0 aromatic carbocycles. The molecule has 0 unspecified atom stereocenters. The molecule has 1 fully saturated rings. The highest BCUT2D eigenvalue weighted by Gasteiger charge is 2.25. The number of rotatable bonds is 3. The Bertz CT molecular complexity index is 249. The fourth-order valence-corrected chi connectivity index (χ4v) is 1.98. The first-order valence-electron chi connectivity index (χ1n) is 6.10. The van der Waals surface area contributed by atoms with E-state index < -0.39 is 5.60 Å². The van der Waals surface area contributed by atoms with Crippen molar-refractivity contribution in [2.75, 3.05) is 26.8 Å². The van der Waals surface area contributed by atoms with E-state index in [1.807, 2.05) is 20.8 Å². The van der Waals surface area contributed by atoms with Crippen LogP contribution in [0.2, 0.25) is 0 Å². The van der Waals surface area contributed by atoms with Crippen molar-refractivity contribution >= 4 is 6.09 Å². The van der Waals surface area contributed by atoms with E-state index in [1.165, 1.54) is 0 Å². The van der Waals surface area contributed by atoms with Crippen LogP contribution in [0.15, 0.2) is 0 Å². The molecule has 17 heavy (non-hydrogen) atoms. The van der Waals surface area contributed by atoms with E-state index in [2.05, 4.69) is 10.6 Å². The second-order valence-electron chi connectivity index (χ2n) is 5.56. The van der Waals surface area contributed by atoms with Crippen LogP contribution in [0.4, 0.5) is 4.79 Å². The van der Waals surface area contributed by atoms with E-state index in [1.54, 1.807) is 7.11 Å². The number of carbonyl (C=O) groups excluding carboxylic acids is 1. The molecule has 1 heterocycles. The largest absolute Gasteiger partial charge is 0.444 e. The maximum atomic E-state index is 11.6. The van der Waals surface area contributed by atoms with Crippen LogP contribution < -0.4 is 10.6 Å². The summed E-state index contributed by atoms with van der Waals surface area (Å²) >= 11 is 0. The lowest BCUT2D eigenvalue weighted by atomic mass is 9.97. The van der Waals surface area contributed by atoms with Crippen molar-refractivity contribution in [1.29, 1.82) is 0 Å². The van der Waals surface area contributed by atoms with Crippen molar-refractivity contribution in [3.05, 3.63) is 0 Å². The first-order valence-corrected chi connectivity index (χ1v) is 6.10. The van der Waals surface area contributed by atoms with E-state index in [0.29, 0.717) is 5.92 Å². The molecule has 0 aromatic rings. The van der Waals surface area contributed by atoms with Gasteiger partial charge in [0.1, 0.15) is 5.60 Å². The van der Waals surface area contributed by atoms with Gasteiger partial charge in [0.15, 0.2) is 0 Å². The summed E-state index contributed by atoms with van der Waals surface area (Å²) in [5, 5.41) is 6.17. The normalized spacial score (nSPS) is 25.4. The monoisotopic (exact) mass is 244 g/mol. The van der Waals surface area contributed by atoms with Crippen LogP contribution in [0.5, 0.6) is 0 Å². The lowest BCUT2D eigenvalue weighted by molar-refractivity contribution is 0.0476. The number of ether oxygens (including phenoxy) is 2. The van der Waals surface area contributed by atoms with Crippen molar-refractivity contribution in [3.63, 3.8) is 0 Å². The topological polar surface area (TPSA) is 59.6 Å². The third-order valence-electron chi connectivity index (χ3n) is 2.56. The third-order valence-corrected chi connectivity index (χ3v) is 2.56. The molecule has 2 atom stereocenters. The molecule has 100 valence electrons. The molecule has 0 radical (unpaired) electrons. The number of nitrogens with one attached hydrogen (secondary N) is 2. The average Bonchev–Trinajstić information content (AvgIpc) is 2.15. The first-order chi connectivity index (χ1) is 7.90. The molecule has 0 saturated carbocycles. The Morgan fingerprint density at radius 1 is 1.41 bits per heavy atom. The summed E-state index contributed by atoms with van der Waals surface area (Å²) in [7, 11) is 1.70. The van der Waals surface area contributed by atoms with Crippen molar-refractivity contribution in [2.45, 2.75) is 38.8 Å². The number of hydrogen-bond donors (Lipinski definition) is 2. The van der Waals surface area contributed by atoms with Gasteiger partial charge in [-0.2, -0.15) is 0 Å². The van der Waals surface area contributed by atoms with Gasteiger partial charge in [-0.15, -0.1) is 0 Å². The fraction of sp³-hybridized carbons (Fsp3) is 0.917. The molecule has 2 N–H and O–H groups in total. The maximum absolute atomic E-state index is 11.6. The van der Waals surface area contributed by atoms with E-state index in [9.17, 15) is 4.79 Å². The lowest BCUT2D eigenvalue weighted by Crippen LogP contribution is -2.50. The Kier molecular flexibility index (Phi) is 5.21. The first kappa shape index (κ1) is 14.3. The molecule has 0 spiro atoms. The molecular formula is C12H24N2O3. The average molecular weight is 244 g/mol. The zero-order valence-corrected chi connectivity index (χ0v) is 11.2. The lowest BCUT2D eigenvalue weighted by Gasteiger charge is -2.31. The number of carbonyl (C=O) groups is 1. The number of alkyl carbamates (subject to hydrolysis) is 1. The molecular weight excluding hydrogens is 220 g/mol. The van der Waals surface area contributed by atoms with Gasteiger partial charge in [0.05, 0.1) is 6.61 Å². The zero-order valence-electron chi connectivity index (χ0n) is 11.2. The summed E-state index contributed by atoms with van der Waals surface area (Å²) in [6, 6.07) is 0.124. The van der Waals surface area contributed by atoms with Gasteiger partial charge in [-0.05, 0) is 33.1 Å². The van der Waals surface area contributed by atoms with Crippen LogP contribution in [0.3, 0.4) is 0 Å². The summed E-state index contributed by atoms with van der Waals surface area (Å²) in [4.78, 5) is 11.6. The molecule has 1 rings (SSSR count). The molecule has 1 saturated heterocycles. The molecule has 0 aliphatic carbocycles. The van der Waals surface area contributed by atoms with E-state index >= 15 is 0 Å². The maximum Gasteiger partial charge on any atom is 0.407 e. The third kappa shape index (κ3) is 5.89. The predicted octanol–water partition coefficient (Wildman–Crippen LogP) is 1.14. The molecule has 0 bridgehead atoms. The molecule has 1 amide bonds. The smallest absolute Gasteiger partial charge is 0.407 e. The van der Waals surface area contributed by atoms with Crippen molar-refractivity contribution < 1.29 is 14.3 Å². The molecule has 0 aromatic heterocycles. The summed E-state index contributed by atoms with van der Waals surface area (Å²) in [5.74, 6) is 0.452. The van der Waals surface area contributed by atoms with Crippen molar-refractivity contribution in [3.8, 4) is 0 Å². The van der Waals surface area contributed by atoms with E-state index in [0.717, 1.165) is 26.1 Å². The number of piperidine rings is 1. The minimum absolute atomic E-state index is 0.124. The Hall–Kier alpha value is -0.810. The van der Waals surface area contributed by atoms with Gasteiger partial charge in [0.25, 0.3) is 0 Å². The van der Waals surface area contributed by atoms with Gasteiger partial charge in [-0.1, -0.05) is 0 Å². The van der Waals surface area contributed by atoms with E-state index in [4.69, 9.17) is 9.47 Å². The standard InChI is InChI=1S/C12H24N2O3/c1-12(2,3)17-11(15)14-10-5-9(8-16-4)6-13-7-10/h9-10,13H,5-8H2,1-4H3,(H,14,15)/t9-,10+/m0/s1. The van der Waals surface area contributed by atoms with Crippen LogP contribution in [-0.4, -0.2) is 44.5 Å². The quantitative estimate of drug-likeness (QED) is 0.781. The highest BCUT2D eigenvalue weighted by Crippen LogP contribution is 2.12. The molecule has 5 heteroatoms. The second-order valence-corrected chi connectivity index (χ2v) is 5.56. The van der Waals surface area contributed by atoms with Crippen molar-refractivity contribution in [1.82, 2.24) is 10.6 Å². The van der Waals surface area contributed by atoms with Crippen LogP contribution >= 0.6 is 0 Å². The van der Waals surface area contributed by atoms with Gasteiger partial charge in [0.2, 0.25) is 0 Å². The molecule has 1 aliphatic rings. The Morgan fingerprint density at radius 3 is 2.71 bits per heavy atom. The molecule has 1 aliphatic heterocycles. The number of amides is 1. The van der Waals surface area contributed by atoms with Gasteiger partial charge >= 0.3 is 6.09 Å². The van der Waals surface area contributed by atoms with E-state index in [-0.39, 0.29) is 12.1 Å². The van der Waals surface area contributed by atoms with Gasteiger partial charge in [-0.25, -0.2) is 4.79 Å². The van der Waals surface area contributed by atoms with Crippen molar-refractivity contribution in [2.24, 2.45) is 5.92 Å². The van der Waals surface area contributed by atoms with Gasteiger partial charge < -0.3 is 20.1 Å². The minimum atomic E-state index is -0.446. The van der Waals surface area contributed by atoms with Gasteiger partial charge in [0, 0.05) is 26.2 Å². The number of methoxy groups -OCH3 is 1. The van der Waals surface area contributed by atoms with Crippen LogP contribution in [0.25, 0.3) is 0 Å². The number of hydrogen-bond acceptors (Lipinski definition) is 4. The summed E-state index contributed by atoms with van der Waals surface area (Å²) in [6.07, 6.45) is 0.586. The van der Waals surface area contributed by atoms with Crippen LogP contribution in [-0.2, 0) is 9.47 Å². The SMILES string of the molecule is COC[C@@H]1CNC[C@H](NC(=O)OC(C)(C)C)C1. The fourth-order valence-electron chi connectivity index (χ4n) is 1.98. The van der Waals surface area contributed by atoms with Gasteiger partial charge in [-0.3, -0.25) is 0 Å². The summed E-state index contributed by atoms with van der Waals surface area (Å²) in [5.41, 5.74) is -0.446. The summed E-state index contributed by atoms with van der Waals surface area (Å²) in [6.45, 7) is 8.04. The Balaban J connectivity index is 2.33. The highest BCUT2D eigenvalue weighted by molar-refractivity contribution is 5.68. The zero-order chi connectivity index (χ0) is 12.9. The predicted molar refractivity (Wildman–Crippen MR) is 66.0 cm³/mol. The highest BCUT2D eigenvalue weighted by atomic mass is 16.6. The Morgan fingerprint density at radius 2 is 2.12 bits per heavy atom. The van der Waals surface area contributed by atoms with Crippen LogP contribution in [0, 0.1) is 5.92 Å². The minimum Gasteiger partial charge on any atom is -0.444 e. The molecule has 5 nitrogen and oxygen atoms in total. The Labute approximate surface area is 103 Å². The second kappa shape index (κ2) is 6.21.